The maximum Gasteiger partial charge on any atom is 0.323 e. The summed E-state index contributed by atoms with van der Waals surface area (Å²) in [5.74, 6) is -2.94. The fourth-order valence-electron chi connectivity index (χ4n) is 3.73. The van der Waals surface area contributed by atoms with Crippen molar-refractivity contribution < 1.29 is 32.7 Å². The van der Waals surface area contributed by atoms with Gasteiger partial charge in [0.25, 0.3) is 0 Å². The first-order valence-corrected chi connectivity index (χ1v) is 12.8. The Labute approximate surface area is 199 Å². The standard InChI is InChI=1S/C22H32N4O7S/c1-3-9-26(15-21(29)30)22(31)19(23-34(32,33)16-18-7-5-4-6-8-18)14-20(28)25-12-10-24(11-13-25)17(2)27/h4-8,19,23H,3,9-16H2,1-2H3,(H,29,30)/t19-/m1/s1. The third-order valence-corrected chi connectivity index (χ3v) is 6.76. The molecule has 1 saturated heterocycles. The molecule has 1 fully saturated rings. The molecule has 0 radical (unpaired) electrons. The van der Waals surface area contributed by atoms with E-state index in [1.807, 2.05) is 0 Å². The highest BCUT2D eigenvalue weighted by Crippen LogP contribution is 2.12. The van der Waals surface area contributed by atoms with Crippen LogP contribution in [0.4, 0.5) is 0 Å². The molecule has 0 saturated carbocycles. The average Bonchev–Trinajstić information content (AvgIpc) is 2.77. The van der Waals surface area contributed by atoms with E-state index in [4.69, 9.17) is 0 Å². The summed E-state index contributed by atoms with van der Waals surface area (Å²) in [5, 5.41) is 9.18. The van der Waals surface area contributed by atoms with E-state index in [2.05, 4.69) is 4.72 Å². The van der Waals surface area contributed by atoms with Gasteiger partial charge in [0.15, 0.2) is 0 Å². The number of amides is 3. The van der Waals surface area contributed by atoms with E-state index in [0.29, 0.717) is 25.1 Å². The highest BCUT2D eigenvalue weighted by atomic mass is 32.2. The van der Waals surface area contributed by atoms with Crippen molar-refractivity contribution in [3.05, 3.63) is 35.9 Å². The molecule has 0 unspecified atom stereocenters. The molecular weight excluding hydrogens is 464 g/mol. The second kappa shape index (κ2) is 12.5. The topological polar surface area (TPSA) is 144 Å². The molecule has 1 aliphatic heterocycles. The fraction of sp³-hybridized carbons (Fsp3) is 0.545. The molecule has 2 N–H and O–H groups in total. The van der Waals surface area contributed by atoms with Gasteiger partial charge in [0.1, 0.15) is 12.6 Å². The predicted molar refractivity (Wildman–Crippen MR) is 124 cm³/mol. The third kappa shape index (κ3) is 8.41. The summed E-state index contributed by atoms with van der Waals surface area (Å²) in [4.78, 5) is 53.0. The van der Waals surface area contributed by atoms with Crippen molar-refractivity contribution in [1.82, 2.24) is 19.4 Å². The Morgan fingerprint density at radius 1 is 1.06 bits per heavy atom. The van der Waals surface area contributed by atoms with Crippen LogP contribution in [-0.2, 0) is 35.0 Å². The van der Waals surface area contributed by atoms with Crippen LogP contribution in [0, 0.1) is 0 Å². The van der Waals surface area contributed by atoms with Gasteiger partial charge in [-0.25, -0.2) is 13.1 Å². The van der Waals surface area contributed by atoms with Gasteiger partial charge in [-0.15, -0.1) is 0 Å². The van der Waals surface area contributed by atoms with Gasteiger partial charge in [0.2, 0.25) is 27.7 Å². The smallest absolute Gasteiger partial charge is 0.323 e. The minimum atomic E-state index is -4.02. The molecule has 1 aromatic carbocycles. The van der Waals surface area contributed by atoms with Crippen LogP contribution < -0.4 is 4.72 Å². The lowest BCUT2D eigenvalue weighted by molar-refractivity contribution is -0.146. The molecule has 34 heavy (non-hydrogen) atoms. The van der Waals surface area contributed by atoms with Gasteiger partial charge in [-0.1, -0.05) is 37.3 Å². The van der Waals surface area contributed by atoms with Gasteiger partial charge in [-0.05, 0) is 12.0 Å². The first kappa shape index (κ1) is 27.3. The molecule has 2 rings (SSSR count). The number of carboxylic acid groups (broad SMARTS) is 1. The first-order valence-electron chi connectivity index (χ1n) is 11.1. The largest absolute Gasteiger partial charge is 0.480 e. The van der Waals surface area contributed by atoms with Crippen molar-refractivity contribution in [2.75, 3.05) is 39.3 Å². The maximum atomic E-state index is 13.2. The number of hydrogen-bond acceptors (Lipinski definition) is 6. The molecule has 0 spiro atoms. The Balaban J connectivity index is 2.20. The van der Waals surface area contributed by atoms with Crippen LogP contribution in [0.25, 0.3) is 0 Å². The lowest BCUT2D eigenvalue weighted by Crippen LogP contribution is -2.54. The van der Waals surface area contributed by atoms with E-state index in [9.17, 15) is 32.7 Å². The molecule has 12 heteroatoms. The van der Waals surface area contributed by atoms with Crippen molar-refractivity contribution in [2.45, 2.75) is 38.5 Å². The van der Waals surface area contributed by atoms with Crippen molar-refractivity contribution in [2.24, 2.45) is 0 Å². The van der Waals surface area contributed by atoms with Crippen LogP contribution in [0.2, 0.25) is 0 Å². The Hall–Kier alpha value is -2.99. The number of carbonyl (C=O) groups is 4. The average molecular weight is 497 g/mol. The van der Waals surface area contributed by atoms with Crippen LogP contribution in [0.15, 0.2) is 30.3 Å². The number of nitrogens with one attached hydrogen (secondary N) is 1. The second-order valence-corrected chi connectivity index (χ2v) is 9.91. The lowest BCUT2D eigenvalue weighted by atomic mass is 10.1. The highest BCUT2D eigenvalue weighted by Gasteiger charge is 2.33. The van der Waals surface area contributed by atoms with Crippen LogP contribution >= 0.6 is 0 Å². The van der Waals surface area contributed by atoms with Crippen LogP contribution in [-0.4, -0.2) is 97.2 Å². The van der Waals surface area contributed by atoms with Crippen molar-refractivity contribution >= 4 is 33.7 Å². The molecule has 1 aliphatic rings. The third-order valence-electron chi connectivity index (χ3n) is 5.41. The number of carbonyl (C=O) groups excluding carboxylic acids is 3. The molecular formula is C22H32N4O7S. The van der Waals surface area contributed by atoms with Gasteiger partial charge in [0.05, 0.1) is 12.2 Å². The van der Waals surface area contributed by atoms with E-state index in [1.54, 1.807) is 42.2 Å². The van der Waals surface area contributed by atoms with Crippen LogP contribution in [0.5, 0.6) is 0 Å². The Morgan fingerprint density at radius 2 is 1.65 bits per heavy atom. The van der Waals surface area contributed by atoms with E-state index >= 15 is 0 Å². The number of hydrogen-bond donors (Lipinski definition) is 2. The maximum absolute atomic E-state index is 13.2. The molecule has 1 heterocycles. The minimum Gasteiger partial charge on any atom is -0.480 e. The predicted octanol–water partition coefficient (Wildman–Crippen LogP) is -0.121. The van der Waals surface area contributed by atoms with E-state index in [0.717, 1.165) is 4.90 Å². The molecule has 0 aliphatic carbocycles. The summed E-state index contributed by atoms with van der Waals surface area (Å²) < 4.78 is 28.0. The van der Waals surface area contributed by atoms with Gasteiger partial charge >= 0.3 is 5.97 Å². The molecule has 0 bridgehead atoms. The Morgan fingerprint density at radius 3 is 2.18 bits per heavy atom. The van der Waals surface area contributed by atoms with Gasteiger partial charge in [-0.3, -0.25) is 19.2 Å². The van der Waals surface area contributed by atoms with Gasteiger partial charge in [-0.2, -0.15) is 0 Å². The molecule has 3 amide bonds. The lowest BCUT2D eigenvalue weighted by Gasteiger charge is -2.35. The van der Waals surface area contributed by atoms with Gasteiger partial charge < -0.3 is 19.8 Å². The fourth-order valence-corrected chi connectivity index (χ4v) is 5.06. The zero-order chi connectivity index (χ0) is 25.3. The zero-order valence-electron chi connectivity index (χ0n) is 19.5. The monoisotopic (exact) mass is 496 g/mol. The minimum absolute atomic E-state index is 0.0993. The number of rotatable bonds is 11. The molecule has 11 nitrogen and oxygen atoms in total. The number of sulfonamides is 1. The quantitative estimate of drug-likeness (QED) is 0.434. The Bertz CT molecular complexity index is 976. The van der Waals surface area contributed by atoms with E-state index < -0.39 is 52.6 Å². The Kier molecular flexibility index (Phi) is 9.99. The summed E-state index contributed by atoms with van der Waals surface area (Å²) in [6, 6.07) is 6.93. The highest BCUT2D eigenvalue weighted by molar-refractivity contribution is 7.88. The van der Waals surface area contributed by atoms with E-state index in [-0.39, 0.29) is 25.5 Å². The van der Waals surface area contributed by atoms with Crippen LogP contribution in [0.1, 0.15) is 32.3 Å². The van der Waals surface area contributed by atoms with Crippen LogP contribution in [0.3, 0.4) is 0 Å². The number of carboxylic acids is 1. The summed E-state index contributed by atoms with van der Waals surface area (Å²) in [6.45, 7) is 3.94. The van der Waals surface area contributed by atoms with Gasteiger partial charge in [0, 0.05) is 39.6 Å². The normalized spacial score (nSPS) is 15.0. The zero-order valence-corrected chi connectivity index (χ0v) is 20.3. The summed E-state index contributed by atoms with van der Waals surface area (Å²) in [5.41, 5.74) is 0.504. The number of aliphatic carboxylic acids is 1. The van der Waals surface area contributed by atoms with E-state index in [1.165, 1.54) is 11.8 Å². The number of benzene rings is 1. The molecule has 0 aromatic heterocycles. The van der Waals surface area contributed by atoms with Crippen molar-refractivity contribution in [3.8, 4) is 0 Å². The molecule has 1 atom stereocenters. The van der Waals surface area contributed by atoms with Crippen molar-refractivity contribution in [1.29, 1.82) is 0 Å². The SMILES string of the molecule is CCCN(CC(=O)O)C(=O)[C@@H](CC(=O)N1CCN(C(C)=O)CC1)NS(=O)(=O)Cc1ccccc1. The first-order chi connectivity index (χ1) is 16.0. The number of nitrogens with zero attached hydrogens (tertiary/aromatic N) is 3. The summed E-state index contributed by atoms with van der Waals surface area (Å²) in [7, 11) is -4.02. The van der Waals surface area contributed by atoms with Crippen molar-refractivity contribution in [3.63, 3.8) is 0 Å². The molecule has 1 aromatic rings. The summed E-state index contributed by atoms with van der Waals surface area (Å²) >= 11 is 0. The number of piperazine rings is 1. The second-order valence-electron chi connectivity index (χ2n) is 8.16. The summed E-state index contributed by atoms with van der Waals surface area (Å²) in [6.07, 6.45) is 0.0101. The molecule has 188 valence electrons.